The van der Waals surface area contributed by atoms with Crippen molar-refractivity contribution in [2.75, 3.05) is 12.4 Å². The molecule has 1 N–H and O–H groups in total. The third-order valence-electron chi connectivity index (χ3n) is 2.88. The van der Waals surface area contributed by atoms with Gasteiger partial charge in [-0.05, 0) is 24.3 Å². The monoisotopic (exact) mass is 312 g/mol. The number of methoxy groups -OCH3 is 1. The molecule has 22 heavy (non-hydrogen) atoms. The number of pyridine rings is 1. The Hall–Kier alpha value is -2.80. The Morgan fingerprint density at radius 1 is 1.14 bits per heavy atom. The smallest absolute Gasteiger partial charge is 0.261 e. The minimum Gasteiger partial charge on any atom is -0.496 e. The van der Waals surface area contributed by atoms with Crippen molar-refractivity contribution in [2.24, 2.45) is 0 Å². The molecule has 7 heteroatoms. The summed E-state index contributed by atoms with van der Waals surface area (Å²) in [6.07, 6.45) is 1.68. The number of aromatic nitrogens is 3. The SMILES string of the molecule is COc1ccccc1C(=O)Nc1nnc(-c2ccccn2)s1. The Morgan fingerprint density at radius 2 is 1.95 bits per heavy atom. The molecule has 0 radical (unpaired) electrons. The molecule has 1 amide bonds. The lowest BCUT2D eigenvalue weighted by molar-refractivity contribution is 0.102. The highest BCUT2D eigenvalue weighted by atomic mass is 32.1. The van der Waals surface area contributed by atoms with E-state index in [1.807, 2.05) is 18.2 Å². The van der Waals surface area contributed by atoms with Crippen LogP contribution in [0.1, 0.15) is 10.4 Å². The summed E-state index contributed by atoms with van der Waals surface area (Å²) in [5.41, 5.74) is 1.16. The van der Waals surface area contributed by atoms with Crippen molar-refractivity contribution in [2.45, 2.75) is 0 Å². The summed E-state index contributed by atoms with van der Waals surface area (Å²) in [6, 6.07) is 12.5. The van der Waals surface area contributed by atoms with Crippen molar-refractivity contribution in [3.05, 3.63) is 54.2 Å². The van der Waals surface area contributed by atoms with Gasteiger partial charge in [-0.1, -0.05) is 29.5 Å². The number of carbonyl (C=O) groups is 1. The number of nitrogens with zero attached hydrogens (tertiary/aromatic N) is 3. The Bertz CT molecular complexity index is 789. The average Bonchev–Trinajstić information content (AvgIpc) is 3.04. The molecule has 0 aliphatic heterocycles. The van der Waals surface area contributed by atoms with Gasteiger partial charge in [-0.3, -0.25) is 15.1 Å². The topological polar surface area (TPSA) is 77.0 Å². The molecule has 0 saturated heterocycles. The van der Waals surface area contributed by atoms with Crippen LogP contribution in [-0.4, -0.2) is 28.2 Å². The number of rotatable bonds is 4. The lowest BCUT2D eigenvalue weighted by atomic mass is 10.2. The third-order valence-corrected chi connectivity index (χ3v) is 3.74. The standard InChI is InChI=1S/C15H12N4O2S/c1-21-12-8-3-2-6-10(12)13(20)17-15-19-18-14(22-15)11-7-4-5-9-16-11/h2-9H,1H3,(H,17,19,20). The van der Waals surface area contributed by atoms with Crippen LogP contribution in [0.3, 0.4) is 0 Å². The molecule has 0 spiro atoms. The Labute approximate surface area is 130 Å². The van der Waals surface area contributed by atoms with Crippen molar-refractivity contribution in [3.8, 4) is 16.5 Å². The average molecular weight is 312 g/mol. The second-order valence-electron chi connectivity index (χ2n) is 4.28. The summed E-state index contributed by atoms with van der Waals surface area (Å²) in [7, 11) is 1.52. The lowest BCUT2D eigenvalue weighted by Crippen LogP contribution is -2.12. The second-order valence-corrected chi connectivity index (χ2v) is 5.26. The molecule has 0 aliphatic rings. The normalized spacial score (nSPS) is 10.2. The van der Waals surface area contributed by atoms with Crippen LogP contribution in [0.2, 0.25) is 0 Å². The van der Waals surface area contributed by atoms with Crippen molar-refractivity contribution in [1.82, 2.24) is 15.2 Å². The van der Waals surface area contributed by atoms with Crippen molar-refractivity contribution in [1.29, 1.82) is 0 Å². The highest BCUT2D eigenvalue weighted by Crippen LogP contribution is 2.25. The molecule has 3 aromatic rings. The van der Waals surface area contributed by atoms with Crippen molar-refractivity contribution < 1.29 is 9.53 Å². The molecule has 0 atom stereocenters. The van der Waals surface area contributed by atoms with Crippen LogP contribution in [0.5, 0.6) is 5.75 Å². The van der Waals surface area contributed by atoms with Gasteiger partial charge in [0, 0.05) is 6.20 Å². The first-order valence-electron chi connectivity index (χ1n) is 6.47. The Morgan fingerprint density at radius 3 is 2.73 bits per heavy atom. The van der Waals surface area contributed by atoms with Crippen LogP contribution < -0.4 is 10.1 Å². The highest BCUT2D eigenvalue weighted by Gasteiger charge is 2.14. The number of hydrogen-bond acceptors (Lipinski definition) is 6. The molecule has 0 bridgehead atoms. The van der Waals surface area contributed by atoms with Crippen molar-refractivity contribution >= 4 is 22.4 Å². The van der Waals surface area contributed by atoms with Gasteiger partial charge < -0.3 is 4.74 Å². The van der Waals surface area contributed by atoms with Gasteiger partial charge in [0.2, 0.25) is 5.13 Å². The van der Waals surface area contributed by atoms with Gasteiger partial charge >= 0.3 is 0 Å². The van der Waals surface area contributed by atoms with Crippen LogP contribution in [-0.2, 0) is 0 Å². The van der Waals surface area contributed by atoms with Crippen LogP contribution in [0.15, 0.2) is 48.7 Å². The summed E-state index contributed by atoms with van der Waals surface area (Å²) in [4.78, 5) is 16.5. The van der Waals surface area contributed by atoms with Gasteiger partial charge in [0.15, 0.2) is 5.01 Å². The molecular weight excluding hydrogens is 300 g/mol. The number of amides is 1. The zero-order chi connectivity index (χ0) is 15.4. The second kappa shape index (κ2) is 6.31. The third kappa shape index (κ3) is 2.94. The van der Waals surface area contributed by atoms with Gasteiger partial charge in [-0.15, -0.1) is 10.2 Å². The van der Waals surface area contributed by atoms with Crippen LogP contribution in [0.25, 0.3) is 10.7 Å². The number of anilines is 1. The number of para-hydroxylation sites is 1. The van der Waals surface area contributed by atoms with Crippen LogP contribution >= 0.6 is 11.3 Å². The number of nitrogens with one attached hydrogen (secondary N) is 1. The van der Waals surface area contributed by atoms with E-state index in [4.69, 9.17) is 4.74 Å². The fraction of sp³-hybridized carbons (Fsp3) is 0.0667. The van der Waals surface area contributed by atoms with Crippen molar-refractivity contribution in [3.63, 3.8) is 0 Å². The minimum atomic E-state index is -0.291. The van der Waals surface area contributed by atoms with Gasteiger partial charge in [-0.25, -0.2) is 0 Å². The first kappa shape index (κ1) is 14.2. The van der Waals surface area contributed by atoms with E-state index in [0.717, 1.165) is 5.69 Å². The molecule has 3 rings (SSSR count). The first-order valence-corrected chi connectivity index (χ1v) is 7.29. The van der Waals surface area contributed by atoms with E-state index in [9.17, 15) is 4.79 Å². The van der Waals surface area contributed by atoms with Gasteiger partial charge in [-0.2, -0.15) is 0 Å². The zero-order valence-corrected chi connectivity index (χ0v) is 12.5. The van der Waals surface area contributed by atoms with E-state index in [2.05, 4.69) is 20.5 Å². The van der Waals surface area contributed by atoms with Gasteiger partial charge in [0.25, 0.3) is 5.91 Å². The summed E-state index contributed by atoms with van der Waals surface area (Å²) >= 11 is 1.26. The van der Waals surface area contributed by atoms with E-state index < -0.39 is 0 Å². The zero-order valence-electron chi connectivity index (χ0n) is 11.7. The minimum absolute atomic E-state index is 0.291. The molecule has 2 heterocycles. The van der Waals surface area contributed by atoms with E-state index in [-0.39, 0.29) is 5.91 Å². The molecule has 0 saturated carbocycles. The number of carbonyl (C=O) groups excluding carboxylic acids is 1. The highest BCUT2D eigenvalue weighted by molar-refractivity contribution is 7.18. The van der Waals surface area contributed by atoms with E-state index >= 15 is 0 Å². The maximum Gasteiger partial charge on any atom is 0.261 e. The van der Waals surface area contributed by atoms with E-state index in [1.165, 1.54) is 18.4 Å². The fourth-order valence-corrected chi connectivity index (χ4v) is 2.58. The first-order chi connectivity index (χ1) is 10.8. The molecule has 0 aliphatic carbocycles. The molecule has 0 unspecified atom stereocenters. The number of hydrogen-bond donors (Lipinski definition) is 1. The molecule has 1 aromatic carbocycles. The predicted octanol–water partition coefficient (Wildman–Crippen LogP) is 2.86. The quantitative estimate of drug-likeness (QED) is 0.801. The van der Waals surface area contributed by atoms with Crippen LogP contribution in [0, 0.1) is 0 Å². The van der Waals surface area contributed by atoms with Gasteiger partial charge in [0.05, 0.1) is 12.7 Å². The molecular formula is C15H12N4O2S. The number of benzene rings is 1. The van der Waals surface area contributed by atoms with E-state index in [0.29, 0.717) is 21.5 Å². The summed E-state index contributed by atoms with van der Waals surface area (Å²) in [6.45, 7) is 0. The molecule has 2 aromatic heterocycles. The Balaban J connectivity index is 1.79. The molecule has 6 nitrogen and oxygen atoms in total. The number of ether oxygens (including phenoxy) is 1. The molecule has 110 valence electrons. The largest absolute Gasteiger partial charge is 0.496 e. The lowest BCUT2D eigenvalue weighted by Gasteiger charge is -2.06. The molecule has 0 fully saturated rings. The maximum atomic E-state index is 12.3. The Kier molecular flexibility index (Phi) is 4.06. The maximum absolute atomic E-state index is 12.3. The predicted molar refractivity (Wildman–Crippen MR) is 84.1 cm³/mol. The summed E-state index contributed by atoms with van der Waals surface area (Å²) < 4.78 is 5.18. The van der Waals surface area contributed by atoms with Crippen LogP contribution in [0.4, 0.5) is 5.13 Å². The summed E-state index contributed by atoms with van der Waals surface area (Å²) in [5.74, 6) is 0.218. The fourth-order valence-electron chi connectivity index (χ4n) is 1.86. The van der Waals surface area contributed by atoms with Gasteiger partial charge in [0.1, 0.15) is 11.4 Å². The summed E-state index contributed by atoms with van der Waals surface area (Å²) in [5, 5.41) is 11.8. The van der Waals surface area contributed by atoms with E-state index in [1.54, 1.807) is 30.5 Å².